The van der Waals surface area contributed by atoms with Crippen LogP contribution in [0.25, 0.3) is 16.3 Å². The SMILES string of the molecule is O=C(c1ccc2ncsc2c1)N1CCN(CC=Cc2ccccc2)CC1. The molecule has 1 amide bonds. The summed E-state index contributed by atoms with van der Waals surface area (Å²) in [7, 11) is 0. The Morgan fingerprint density at radius 2 is 1.88 bits per heavy atom. The van der Waals surface area contributed by atoms with Crippen molar-refractivity contribution in [2.75, 3.05) is 32.7 Å². The van der Waals surface area contributed by atoms with E-state index in [1.807, 2.05) is 46.8 Å². The zero-order valence-electron chi connectivity index (χ0n) is 14.5. The minimum atomic E-state index is 0.125. The Morgan fingerprint density at radius 1 is 1.08 bits per heavy atom. The number of aromatic nitrogens is 1. The topological polar surface area (TPSA) is 36.4 Å². The van der Waals surface area contributed by atoms with Crippen LogP contribution in [0.4, 0.5) is 0 Å². The molecular weight excluding hydrogens is 342 g/mol. The number of piperazine rings is 1. The number of rotatable bonds is 4. The van der Waals surface area contributed by atoms with Crippen LogP contribution in [0.3, 0.4) is 0 Å². The number of benzene rings is 2. The van der Waals surface area contributed by atoms with Crippen molar-refractivity contribution in [1.82, 2.24) is 14.8 Å². The second kappa shape index (κ2) is 7.81. The van der Waals surface area contributed by atoms with Crippen molar-refractivity contribution in [2.24, 2.45) is 0 Å². The Morgan fingerprint density at radius 3 is 2.69 bits per heavy atom. The maximum Gasteiger partial charge on any atom is 0.253 e. The van der Waals surface area contributed by atoms with Crippen molar-refractivity contribution in [2.45, 2.75) is 0 Å². The molecule has 2 aromatic carbocycles. The van der Waals surface area contributed by atoms with Gasteiger partial charge in [0.05, 0.1) is 15.7 Å². The van der Waals surface area contributed by atoms with Gasteiger partial charge in [-0.1, -0.05) is 42.5 Å². The first-order valence-electron chi connectivity index (χ1n) is 8.86. The third kappa shape index (κ3) is 3.84. The lowest BCUT2D eigenvalue weighted by Gasteiger charge is -2.34. The summed E-state index contributed by atoms with van der Waals surface area (Å²) in [4.78, 5) is 21.4. The maximum atomic E-state index is 12.7. The van der Waals surface area contributed by atoms with Crippen LogP contribution in [0.15, 0.2) is 60.1 Å². The minimum absolute atomic E-state index is 0.125. The predicted octanol–water partition coefficient (Wildman–Crippen LogP) is 3.77. The van der Waals surface area contributed by atoms with E-state index in [2.05, 4.69) is 34.2 Å². The molecule has 0 unspecified atom stereocenters. The zero-order valence-corrected chi connectivity index (χ0v) is 15.4. The predicted molar refractivity (Wildman–Crippen MR) is 107 cm³/mol. The third-order valence-corrected chi connectivity index (χ3v) is 5.50. The summed E-state index contributed by atoms with van der Waals surface area (Å²) in [5.74, 6) is 0.125. The number of amides is 1. The highest BCUT2D eigenvalue weighted by molar-refractivity contribution is 7.16. The van der Waals surface area contributed by atoms with Crippen LogP contribution in [-0.2, 0) is 0 Å². The first-order chi connectivity index (χ1) is 12.8. The van der Waals surface area contributed by atoms with Gasteiger partial charge in [-0.15, -0.1) is 11.3 Å². The van der Waals surface area contributed by atoms with Gasteiger partial charge in [0.2, 0.25) is 0 Å². The lowest BCUT2D eigenvalue weighted by Crippen LogP contribution is -2.48. The van der Waals surface area contributed by atoms with Crippen molar-refractivity contribution in [3.63, 3.8) is 0 Å². The molecule has 1 aliphatic heterocycles. The molecule has 0 bridgehead atoms. The summed E-state index contributed by atoms with van der Waals surface area (Å²) in [5.41, 5.74) is 4.77. The number of carbonyl (C=O) groups is 1. The molecule has 1 aromatic heterocycles. The molecule has 0 saturated carbocycles. The Kier molecular flexibility index (Phi) is 5.09. The standard InChI is InChI=1S/C21H21N3OS/c25-21(18-8-9-19-20(15-18)26-16-22-19)24-13-11-23(12-14-24)10-4-7-17-5-2-1-3-6-17/h1-9,15-16H,10-14H2. The summed E-state index contributed by atoms with van der Waals surface area (Å²) < 4.78 is 1.07. The molecule has 3 aromatic rings. The summed E-state index contributed by atoms with van der Waals surface area (Å²) >= 11 is 1.58. The molecule has 0 aliphatic carbocycles. The Hall–Kier alpha value is -2.50. The molecular formula is C21H21N3OS. The number of nitrogens with zero attached hydrogens (tertiary/aromatic N) is 3. The van der Waals surface area contributed by atoms with Gasteiger partial charge >= 0.3 is 0 Å². The van der Waals surface area contributed by atoms with Crippen molar-refractivity contribution >= 4 is 33.5 Å². The molecule has 132 valence electrons. The van der Waals surface area contributed by atoms with Gasteiger partial charge in [0.1, 0.15) is 0 Å². The molecule has 5 heteroatoms. The highest BCUT2D eigenvalue weighted by Gasteiger charge is 2.21. The molecule has 4 nitrogen and oxygen atoms in total. The Balaban J connectivity index is 1.31. The molecule has 1 aliphatic rings. The molecule has 0 atom stereocenters. The van der Waals surface area contributed by atoms with E-state index in [1.165, 1.54) is 5.56 Å². The van der Waals surface area contributed by atoms with E-state index in [0.717, 1.165) is 48.5 Å². The minimum Gasteiger partial charge on any atom is -0.336 e. The van der Waals surface area contributed by atoms with E-state index in [4.69, 9.17) is 0 Å². The average molecular weight is 363 g/mol. The van der Waals surface area contributed by atoms with Crippen LogP contribution >= 0.6 is 11.3 Å². The molecule has 26 heavy (non-hydrogen) atoms. The van der Waals surface area contributed by atoms with Crippen molar-refractivity contribution in [1.29, 1.82) is 0 Å². The van der Waals surface area contributed by atoms with Crippen molar-refractivity contribution in [3.05, 3.63) is 71.2 Å². The molecule has 0 N–H and O–H groups in total. The lowest BCUT2D eigenvalue weighted by molar-refractivity contribution is 0.0650. The van der Waals surface area contributed by atoms with E-state index in [0.29, 0.717) is 0 Å². The number of carbonyl (C=O) groups excluding carboxylic acids is 1. The first-order valence-corrected chi connectivity index (χ1v) is 9.74. The second-order valence-corrected chi connectivity index (χ2v) is 7.33. The quantitative estimate of drug-likeness (QED) is 0.708. The Bertz CT molecular complexity index is 911. The number of fused-ring (bicyclic) bond motifs is 1. The molecule has 0 spiro atoms. The Labute approximate surface area is 157 Å². The van der Waals surface area contributed by atoms with Gasteiger partial charge in [0.15, 0.2) is 0 Å². The highest BCUT2D eigenvalue weighted by atomic mass is 32.1. The maximum absolute atomic E-state index is 12.7. The number of thiazole rings is 1. The van der Waals surface area contributed by atoms with E-state index >= 15 is 0 Å². The van der Waals surface area contributed by atoms with Crippen LogP contribution < -0.4 is 0 Å². The van der Waals surface area contributed by atoms with E-state index in [-0.39, 0.29) is 5.91 Å². The van der Waals surface area contributed by atoms with E-state index < -0.39 is 0 Å². The monoisotopic (exact) mass is 363 g/mol. The number of hydrogen-bond acceptors (Lipinski definition) is 4. The van der Waals surface area contributed by atoms with Gasteiger partial charge < -0.3 is 4.90 Å². The van der Waals surface area contributed by atoms with Gasteiger partial charge in [-0.2, -0.15) is 0 Å². The molecule has 4 rings (SSSR count). The first kappa shape index (κ1) is 16.9. The lowest BCUT2D eigenvalue weighted by atomic mass is 10.1. The molecule has 2 heterocycles. The zero-order chi connectivity index (χ0) is 17.8. The largest absolute Gasteiger partial charge is 0.336 e. The summed E-state index contributed by atoms with van der Waals surface area (Å²) in [6.45, 7) is 4.29. The van der Waals surface area contributed by atoms with Crippen LogP contribution in [-0.4, -0.2) is 53.4 Å². The molecule has 1 fully saturated rings. The number of hydrogen-bond donors (Lipinski definition) is 0. The van der Waals surface area contributed by atoms with Crippen LogP contribution in [0.2, 0.25) is 0 Å². The van der Waals surface area contributed by atoms with Crippen molar-refractivity contribution in [3.8, 4) is 0 Å². The van der Waals surface area contributed by atoms with Crippen molar-refractivity contribution < 1.29 is 4.79 Å². The van der Waals surface area contributed by atoms with Crippen LogP contribution in [0, 0.1) is 0 Å². The van der Waals surface area contributed by atoms with Crippen LogP contribution in [0.5, 0.6) is 0 Å². The summed E-state index contributed by atoms with van der Waals surface area (Å²) in [6.07, 6.45) is 4.35. The fourth-order valence-corrected chi connectivity index (χ4v) is 3.92. The molecule has 1 saturated heterocycles. The van der Waals surface area contributed by atoms with Crippen LogP contribution in [0.1, 0.15) is 15.9 Å². The van der Waals surface area contributed by atoms with Gasteiger partial charge in [0.25, 0.3) is 5.91 Å². The van der Waals surface area contributed by atoms with Gasteiger partial charge in [-0.3, -0.25) is 9.69 Å². The third-order valence-electron chi connectivity index (χ3n) is 4.71. The second-order valence-electron chi connectivity index (χ2n) is 6.44. The average Bonchev–Trinajstić information content (AvgIpc) is 3.17. The van der Waals surface area contributed by atoms with E-state index in [1.54, 1.807) is 11.3 Å². The molecule has 0 radical (unpaired) electrons. The normalized spacial score (nSPS) is 15.8. The summed E-state index contributed by atoms with van der Waals surface area (Å²) in [6, 6.07) is 16.1. The van der Waals surface area contributed by atoms with Gasteiger partial charge in [-0.25, -0.2) is 4.98 Å². The summed E-state index contributed by atoms with van der Waals surface area (Å²) in [5, 5.41) is 0. The fraction of sp³-hybridized carbons (Fsp3) is 0.238. The highest BCUT2D eigenvalue weighted by Crippen LogP contribution is 2.20. The van der Waals surface area contributed by atoms with Gasteiger partial charge in [-0.05, 0) is 23.8 Å². The fourth-order valence-electron chi connectivity index (χ4n) is 3.21. The van der Waals surface area contributed by atoms with Gasteiger partial charge in [0, 0.05) is 38.3 Å². The van der Waals surface area contributed by atoms with E-state index in [9.17, 15) is 4.79 Å². The smallest absolute Gasteiger partial charge is 0.253 e.